The van der Waals surface area contributed by atoms with Crippen LogP contribution in [0, 0.1) is 23.4 Å². The van der Waals surface area contributed by atoms with E-state index in [9.17, 15) is 9.59 Å². The fraction of sp³-hybridized carbons (Fsp3) is 0.320. The number of carbonyl (C=O) groups is 2. The van der Waals surface area contributed by atoms with Gasteiger partial charge in [-0.1, -0.05) is 24.3 Å². The fourth-order valence-corrected chi connectivity index (χ4v) is 4.41. The summed E-state index contributed by atoms with van der Waals surface area (Å²) in [5.41, 5.74) is 4.59. The lowest BCUT2D eigenvalue weighted by Gasteiger charge is -2.28. The summed E-state index contributed by atoms with van der Waals surface area (Å²) in [6.45, 7) is 5.94. The van der Waals surface area contributed by atoms with Crippen LogP contribution in [0.5, 0.6) is 0 Å². The number of benzene rings is 2. The zero-order valence-electron chi connectivity index (χ0n) is 20.3. The summed E-state index contributed by atoms with van der Waals surface area (Å²) in [4.78, 5) is 35.7. The Labute approximate surface area is 220 Å². The number of aryl methyl sites for hydroxylation is 2. The van der Waals surface area contributed by atoms with Crippen LogP contribution < -0.4 is 15.5 Å². The summed E-state index contributed by atoms with van der Waals surface area (Å²) in [5.74, 6) is -0.598. The number of nitrogens with zero attached hydrogens (tertiary/aromatic N) is 2. The highest BCUT2D eigenvalue weighted by Crippen LogP contribution is 2.25. The predicted octanol–water partition coefficient (Wildman–Crippen LogP) is 5.05. The molecule has 0 aliphatic carbocycles. The SMILES string of the molecule is Cc1cccc(C)c1N(CCCNC(=O)c1cccc(Nc2nc(=S)[nH]c(=S)[nH]2)c1)CCCC(=O)O. The number of aromatic nitrogens is 3. The van der Waals surface area contributed by atoms with Crippen LogP contribution in [0.3, 0.4) is 0 Å². The van der Waals surface area contributed by atoms with Crippen molar-refractivity contribution in [2.24, 2.45) is 0 Å². The molecule has 11 heteroatoms. The normalized spacial score (nSPS) is 10.6. The number of hydrogen-bond acceptors (Lipinski definition) is 7. The van der Waals surface area contributed by atoms with Crippen molar-refractivity contribution in [2.75, 3.05) is 29.9 Å². The maximum Gasteiger partial charge on any atom is 0.303 e. The van der Waals surface area contributed by atoms with Gasteiger partial charge in [0.15, 0.2) is 4.77 Å². The Kier molecular flexibility index (Phi) is 9.71. The summed E-state index contributed by atoms with van der Waals surface area (Å²) >= 11 is 10.1. The molecule has 5 N–H and O–H groups in total. The lowest BCUT2D eigenvalue weighted by molar-refractivity contribution is -0.137. The number of anilines is 3. The molecule has 9 nitrogen and oxygen atoms in total. The number of H-pyrrole nitrogens is 2. The second kappa shape index (κ2) is 12.9. The molecule has 0 aliphatic heterocycles. The van der Waals surface area contributed by atoms with Crippen molar-refractivity contribution in [3.05, 3.63) is 68.7 Å². The molecule has 0 fully saturated rings. The summed E-state index contributed by atoms with van der Waals surface area (Å²) in [7, 11) is 0. The molecule has 0 unspecified atom stereocenters. The van der Waals surface area contributed by atoms with Gasteiger partial charge in [0.05, 0.1) is 0 Å². The van der Waals surface area contributed by atoms with Gasteiger partial charge in [-0.3, -0.25) is 9.59 Å². The van der Waals surface area contributed by atoms with Crippen LogP contribution >= 0.6 is 24.4 Å². The lowest BCUT2D eigenvalue weighted by atomic mass is 10.1. The quantitative estimate of drug-likeness (QED) is 0.164. The summed E-state index contributed by atoms with van der Waals surface area (Å²) in [6, 6.07) is 13.2. The fourth-order valence-electron chi connectivity index (χ4n) is 3.96. The molecule has 3 aromatic rings. The first-order valence-corrected chi connectivity index (χ1v) is 12.4. The van der Waals surface area contributed by atoms with Gasteiger partial charge in [-0.05, 0) is 80.5 Å². The molecular formula is C25H30N6O3S2. The number of rotatable bonds is 12. The van der Waals surface area contributed by atoms with Gasteiger partial charge in [-0.2, -0.15) is 4.98 Å². The van der Waals surface area contributed by atoms with Crippen molar-refractivity contribution in [1.29, 1.82) is 0 Å². The number of carboxylic acid groups (broad SMARTS) is 1. The molecule has 0 saturated carbocycles. The number of carbonyl (C=O) groups excluding carboxylic acids is 1. The molecule has 190 valence electrons. The third-order valence-corrected chi connectivity index (χ3v) is 5.92. The number of amides is 1. The zero-order chi connectivity index (χ0) is 26.1. The number of para-hydroxylation sites is 1. The molecule has 1 heterocycles. The summed E-state index contributed by atoms with van der Waals surface area (Å²) in [5, 5.41) is 15.1. The number of aromatic amines is 2. The molecule has 1 aromatic heterocycles. The van der Waals surface area contributed by atoms with Crippen LogP contribution in [0.1, 0.15) is 40.7 Å². The molecule has 36 heavy (non-hydrogen) atoms. The van der Waals surface area contributed by atoms with Gasteiger partial charge in [0, 0.05) is 43.0 Å². The highest BCUT2D eigenvalue weighted by atomic mass is 32.1. The first-order valence-electron chi connectivity index (χ1n) is 11.6. The van der Waals surface area contributed by atoms with Crippen LogP contribution in [0.4, 0.5) is 17.3 Å². The second-order valence-electron chi connectivity index (χ2n) is 8.38. The predicted molar refractivity (Wildman–Crippen MR) is 146 cm³/mol. The van der Waals surface area contributed by atoms with E-state index in [1.807, 2.05) is 12.1 Å². The van der Waals surface area contributed by atoms with Crippen molar-refractivity contribution >= 4 is 53.6 Å². The second-order valence-corrected chi connectivity index (χ2v) is 9.18. The molecule has 0 atom stereocenters. The Bertz CT molecular complexity index is 1290. The van der Waals surface area contributed by atoms with E-state index < -0.39 is 5.97 Å². The molecule has 0 radical (unpaired) electrons. The smallest absolute Gasteiger partial charge is 0.303 e. The number of aliphatic carboxylic acids is 1. The highest BCUT2D eigenvalue weighted by Gasteiger charge is 2.13. The van der Waals surface area contributed by atoms with E-state index in [1.165, 1.54) is 0 Å². The van der Waals surface area contributed by atoms with Crippen LogP contribution in [0.15, 0.2) is 42.5 Å². The largest absolute Gasteiger partial charge is 0.481 e. The van der Waals surface area contributed by atoms with E-state index in [2.05, 4.69) is 56.5 Å². The number of hydrogen-bond donors (Lipinski definition) is 5. The third-order valence-electron chi connectivity index (χ3n) is 5.52. The van der Waals surface area contributed by atoms with Crippen molar-refractivity contribution in [2.45, 2.75) is 33.1 Å². The van der Waals surface area contributed by atoms with E-state index in [4.69, 9.17) is 29.5 Å². The Morgan fingerprint density at radius 1 is 1.03 bits per heavy atom. The summed E-state index contributed by atoms with van der Waals surface area (Å²) in [6.07, 6.45) is 1.40. The average Bonchev–Trinajstić information content (AvgIpc) is 2.80. The monoisotopic (exact) mass is 526 g/mol. The summed E-state index contributed by atoms with van der Waals surface area (Å²) < 4.78 is 0.609. The Morgan fingerprint density at radius 2 is 1.72 bits per heavy atom. The average molecular weight is 527 g/mol. The van der Waals surface area contributed by atoms with Gasteiger partial charge in [0.25, 0.3) is 5.91 Å². The Morgan fingerprint density at radius 3 is 2.42 bits per heavy atom. The van der Waals surface area contributed by atoms with Gasteiger partial charge in [-0.15, -0.1) is 0 Å². The minimum Gasteiger partial charge on any atom is -0.481 e. The first-order chi connectivity index (χ1) is 17.2. The van der Waals surface area contributed by atoms with Crippen molar-refractivity contribution < 1.29 is 14.7 Å². The molecule has 1 amide bonds. The molecule has 2 aromatic carbocycles. The van der Waals surface area contributed by atoms with E-state index in [1.54, 1.807) is 18.2 Å². The van der Waals surface area contributed by atoms with Crippen LogP contribution in [0.2, 0.25) is 0 Å². The van der Waals surface area contributed by atoms with Gasteiger partial charge in [0.2, 0.25) is 10.7 Å². The standard InChI is InChI=1S/C25H30N6O3S2/c1-16-7-3-8-17(2)21(16)31(13-5-11-20(32)33)14-6-12-26-22(34)18-9-4-10-19(15-18)27-23-28-24(35)30-25(36)29-23/h3-4,7-10,15H,5-6,11-14H2,1-2H3,(H,26,34)(H,32,33)(H3,27,28,29,30,35,36). The molecular weight excluding hydrogens is 496 g/mol. The van der Waals surface area contributed by atoms with Crippen LogP contribution in [-0.2, 0) is 4.79 Å². The van der Waals surface area contributed by atoms with E-state index in [-0.39, 0.29) is 17.1 Å². The topological polar surface area (TPSA) is 126 Å². The first kappa shape index (κ1) is 27.0. The molecule has 0 saturated heterocycles. The van der Waals surface area contributed by atoms with Gasteiger partial charge < -0.3 is 30.6 Å². The number of nitrogens with one attached hydrogen (secondary N) is 4. The lowest BCUT2D eigenvalue weighted by Crippen LogP contribution is -2.31. The van der Waals surface area contributed by atoms with Gasteiger partial charge in [0.1, 0.15) is 0 Å². The van der Waals surface area contributed by atoms with Crippen LogP contribution in [0.25, 0.3) is 0 Å². The van der Waals surface area contributed by atoms with Crippen molar-refractivity contribution in [1.82, 2.24) is 20.3 Å². The minimum absolute atomic E-state index is 0.124. The van der Waals surface area contributed by atoms with Crippen molar-refractivity contribution in [3.63, 3.8) is 0 Å². The number of carboxylic acids is 1. The van der Waals surface area contributed by atoms with Gasteiger partial charge in [-0.25, -0.2) is 0 Å². The molecule has 0 aliphatic rings. The Balaban J connectivity index is 1.58. The molecule has 0 spiro atoms. The van der Waals surface area contributed by atoms with E-state index >= 15 is 0 Å². The van der Waals surface area contributed by atoms with Crippen molar-refractivity contribution in [3.8, 4) is 0 Å². The zero-order valence-corrected chi connectivity index (χ0v) is 21.9. The minimum atomic E-state index is -0.797. The highest BCUT2D eigenvalue weighted by molar-refractivity contribution is 7.71. The molecule has 0 bridgehead atoms. The third kappa shape index (κ3) is 7.99. The molecule has 3 rings (SSSR count). The van der Waals surface area contributed by atoms with Gasteiger partial charge >= 0.3 is 5.97 Å². The Hall–Kier alpha value is -3.57. The van der Waals surface area contributed by atoms with E-state index in [0.29, 0.717) is 54.4 Å². The maximum atomic E-state index is 12.7. The van der Waals surface area contributed by atoms with E-state index in [0.717, 1.165) is 16.8 Å². The van der Waals surface area contributed by atoms with Crippen LogP contribution in [-0.4, -0.2) is 51.6 Å². The maximum absolute atomic E-state index is 12.7.